The van der Waals surface area contributed by atoms with Crippen LogP contribution in [0.4, 0.5) is 18.9 Å². The second-order valence-corrected chi connectivity index (χ2v) is 4.93. The Morgan fingerprint density at radius 3 is 2.12 bits per heavy atom. The molecule has 0 saturated heterocycles. The number of hydrogen-bond donors (Lipinski definition) is 1. The Morgan fingerprint density at radius 1 is 1.00 bits per heavy atom. The van der Waals surface area contributed by atoms with Gasteiger partial charge in [0.05, 0.1) is 5.69 Å². The Hall–Kier alpha value is -2.96. The smallest absolute Gasteiger partial charge is 0.456 e. The lowest BCUT2D eigenvalue weighted by atomic mass is 10.1. The first-order valence-corrected chi connectivity index (χ1v) is 6.87. The van der Waals surface area contributed by atoms with Crippen molar-refractivity contribution >= 4 is 17.2 Å². The summed E-state index contributed by atoms with van der Waals surface area (Å²) in [6, 6.07) is 13.8. The van der Waals surface area contributed by atoms with Gasteiger partial charge in [-0.1, -0.05) is 48.0 Å². The summed E-state index contributed by atoms with van der Waals surface area (Å²) in [7, 11) is 0. The maximum atomic E-state index is 12.8. The van der Waals surface area contributed by atoms with Gasteiger partial charge >= 0.3 is 6.18 Å². The van der Waals surface area contributed by atoms with Crippen LogP contribution >= 0.6 is 0 Å². The minimum Gasteiger partial charge on any atom is -0.505 e. The van der Waals surface area contributed by atoms with Crippen LogP contribution in [0.1, 0.15) is 11.1 Å². The molecule has 0 heterocycles. The van der Waals surface area contributed by atoms with Crippen molar-refractivity contribution in [2.75, 3.05) is 0 Å². The molecule has 0 radical (unpaired) electrons. The zero-order valence-corrected chi connectivity index (χ0v) is 12.6. The number of carbonyl (C=O) groups excluding carboxylic acids is 1. The number of Topliss-reactive ketones (excluding diaryl/α,β-unsaturated/α-hetero) is 1. The molecule has 0 spiro atoms. The molecule has 7 heteroatoms. The number of aryl methyl sites for hydroxylation is 1. The highest BCUT2D eigenvalue weighted by Gasteiger charge is 2.43. The number of alkyl halides is 3. The third-order valence-electron chi connectivity index (χ3n) is 3.04. The fourth-order valence-electron chi connectivity index (χ4n) is 1.79. The van der Waals surface area contributed by atoms with E-state index in [0.29, 0.717) is 0 Å². The molecule has 0 fully saturated rings. The highest BCUT2D eigenvalue weighted by atomic mass is 19.4. The zero-order valence-electron chi connectivity index (χ0n) is 12.6. The van der Waals surface area contributed by atoms with Crippen molar-refractivity contribution < 1.29 is 23.1 Å². The monoisotopic (exact) mass is 334 g/mol. The number of hydrogen-bond acceptors (Lipinski definition) is 4. The summed E-state index contributed by atoms with van der Waals surface area (Å²) < 4.78 is 38.3. The molecule has 2 aromatic carbocycles. The van der Waals surface area contributed by atoms with Crippen molar-refractivity contribution in [3.8, 4) is 0 Å². The molecule has 2 rings (SSSR count). The molecule has 0 aliphatic carbocycles. The van der Waals surface area contributed by atoms with E-state index in [2.05, 4.69) is 10.2 Å². The van der Waals surface area contributed by atoms with Crippen molar-refractivity contribution in [3.05, 3.63) is 71.4 Å². The Morgan fingerprint density at radius 2 is 1.58 bits per heavy atom. The minimum atomic E-state index is -5.18. The van der Waals surface area contributed by atoms with Crippen LogP contribution in [0.5, 0.6) is 0 Å². The number of azo groups is 1. The van der Waals surface area contributed by atoms with Gasteiger partial charge in [-0.25, -0.2) is 0 Å². The van der Waals surface area contributed by atoms with Gasteiger partial charge in [-0.3, -0.25) is 4.79 Å². The van der Waals surface area contributed by atoms with E-state index in [0.717, 1.165) is 5.56 Å². The fourth-order valence-corrected chi connectivity index (χ4v) is 1.79. The largest absolute Gasteiger partial charge is 0.505 e. The third kappa shape index (κ3) is 4.28. The van der Waals surface area contributed by atoms with Gasteiger partial charge in [0.25, 0.3) is 5.78 Å². The summed E-state index contributed by atoms with van der Waals surface area (Å²) in [5.41, 5.74) is 0.0689. The molecule has 124 valence electrons. The average Bonchev–Trinajstić information content (AvgIpc) is 2.56. The van der Waals surface area contributed by atoms with E-state index in [1.807, 2.05) is 6.92 Å². The number of aliphatic hydroxyl groups excluding tert-OH is 1. The Labute approximate surface area is 136 Å². The molecule has 0 aliphatic rings. The quantitative estimate of drug-likeness (QED) is 0.478. The molecular weight excluding hydrogens is 321 g/mol. The number of nitrogens with zero attached hydrogens (tertiary/aromatic N) is 2. The van der Waals surface area contributed by atoms with Gasteiger partial charge in [-0.15, -0.1) is 5.11 Å². The van der Waals surface area contributed by atoms with Crippen LogP contribution in [0.15, 0.2) is 70.5 Å². The van der Waals surface area contributed by atoms with Gasteiger partial charge in [-0.05, 0) is 19.1 Å². The predicted octanol–water partition coefficient (Wildman–Crippen LogP) is 5.14. The van der Waals surface area contributed by atoms with Crippen molar-refractivity contribution in [2.45, 2.75) is 13.1 Å². The first-order valence-electron chi connectivity index (χ1n) is 6.87. The summed E-state index contributed by atoms with van der Waals surface area (Å²) in [6.07, 6.45) is -5.18. The molecule has 0 unspecified atom stereocenters. The first kappa shape index (κ1) is 17.4. The van der Waals surface area contributed by atoms with E-state index >= 15 is 0 Å². The Bertz CT molecular complexity index is 780. The SMILES string of the molecule is Cc1ccc(N=N/C(C(=O)C(F)(F)F)=C(\O)c2ccccc2)cc1. The van der Waals surface area contributed by atoms with Gasteiger partial charge in [0.1, 0.15) is 0 Å². The maximum absolute atomic E-state index is 12.8. The number of rotatable bonds is 4. The highest BCUT2D eigenvalue weighted by Crippen LogP contribution is 2.27. The maximum Gasteiger partial charge on any atom is 0.456 e. The van der Waals surface area contributed by atoms with Crippen LogP contribution in [0.25, 0.3) is 5.76 Å². The van der Waals surface area contributed by atoms with Gasteiger partial charge < -0.3 is 5.11 Å². The van der Waals surface area contributed by atoms with Crippen LogP contribution in [0.3, 0.4) is 0 Å². The van der Waals surface area contributed by atoms with Crippen molar-refractivity contribution in [1.82, 2.24) is 0 Å². The Balaban J connectivity index is 2.47. The lowest BCUT2D eigenvalue weighted by Crippen LogP contribution is -2.24. The number of benzene rings is 2. The second-order valence-electron chi connectivity index (χ2n) is 4.93. The summed E-state index contributed by atoms with van der Waals surface area (Å²) in [5, 5.41) is 17.0. The lowest BCUT2D eigenvalue weighted by molar-refractivity contribution is -0.166. The van der Waals surface area contributed by atoms with Gasteiger partial charge in [0.15, 0.2) is 11.5 Å². The number of carbonyl (C=O) groups is 1. The minimum absolute atomic E-state index is 0.0351. The van der Waals surface area contributed by atoms with Gasteiger partial charge in [0.2, 0.25) is 0 Å². The van der Waals surface area contributed by atoms with E-state index in [1.165, 1.54) is 36.4 Å². The summed E-state index contributed by atoms with van der Waals surface area (Å²) >= 11 is 0. The number of ketones is 1. The molecule has 24 heavy (non-hydrogen) atoms. The van der Waals surface area contributed by atoms with Crippen molar-refractivity contribution in [2.24, 2.45) is 10.2 Å². The van der Waals surface area contributed by atoms with Crippen LogP contribution in [-0.4, -0.2) is 17.1 Å². The fraction of sp³-hybridized carbons (Fsp3) is 0.118. The highest BCUT2D eigenvalue weighted by molar-refractivity contribution is 6.04. The summed E-state index contributed by atoms with van der Waals surface area (Å²) in [5.74, 6) is -3.14. The zero-order chi connectivity index (χ0) is 17.7. The third-order valence-corrected chi connectivity index (χ3v) is 3.04. The molecule has 4 nitrogen and oxygen atoms in total. The molecule has 0 atom stereocenters. The van der Waals surface area contributed by atoms with Crippen LogP contribution in [-0.2, 0) is 4.79 Å². The molecule has 1 N–H and O–H groups in total. The normalized spacial score (nSPS) is 13.0. The second kappa shape index (κ2) is 7.08. The van der Waals surface area contributed by atoms with E-state index in [4.69, 9.17) is 0 Å². The van der Waals surface area contributed by atoms with Crippen LogP contribution in [0.2, 0.25) is 0 Å². The number of aliphatic hydroxyl groups is 1. The molecule has 0 saturated carbocycles. The summed E-state index contributed by atoms with van der Waals surface area (Å²) in [6.45, 7) is 1.83. The standard InChI is InChI=1S/C17H13F3N2O2/c1-11-7-9-13(10-8-11)21-22-14(16(24)17(18,19)20)15(23)12-5-3-2-4-6-12/h2-10,23H,1H3/b15-14-,22-21?. The molecular formula is C17H13F3N2O2. The van der Waals surface area contributed by atoms with Gasteiger partial charge in [-0.2, -0.15) is 18.3 Å². The predicted molar refractivity (Wildman–Crippen MR) is 82.7 cm³/mol. The summed E-state index contributed by atoms with van der Waals surface area (Å²) in [4.78, 5) is 11.6. The molecule has 0 amide bonds. The van der Waals surface area contributed by atoms with Crippen molar-refractivity contribution in [1.29, 1.82) is 0 Å². The van der Waals surface area contributed by atoms with Crippen LogP contribution in [0, 0.1) is 6.92 Å². The van der Waals surface area contributed by atoms with E-state index in [9.17, 15) is 23.1 Å². The average molecular weight is 334 g/mol. The van der Waals surface area contributed by atoms with Crippen LogP contribution < -0.4 is 0 Å². The molecule has 0 aromatic heterocycles. The van der Waals surface area contributed by atoms with Crippen molar-refractivity contribution in [3.63, 3.8) is 0 Å². The van der Waals surface area contributed by atoms with E-state index < -0.39 is 23.4 Å². The number of allylic oxidation sites excluding steroid dienone is 1. The van der Waals surface area contributed by atoms with E-state index in [1.54, 1.807) is 18.2 Å². The molecule has 0 aliphatic heterocycles. The first-order chi connectivity index (χ1) is 11.3. The molecule has 0 bridgehead atoms. The molecule has 2 aromatic rings. The Kier molecular flexibility index (Phi) is 5.13. The van der Waals surface area contributed by atoms with E-state index in [-0.39, 0.29) is 11.3 Å². The number of halogens is 3. The topological polar surface area (TPSA) is 62.0 Å². The lowest BCUT2D eigenvalue weighted by Gasteiger charge is -2.08. The van der Waals surface area contributed by atoms with Gasteiger partial charge in [0, 0.05) is 5.56 Å².